The van der Waals surface area contributed by atoms with Crippen molar-refractivity contribution in [2.24, 2.45) is 0 Å². The van der Waals surface area contributed by atoms with Crippen LogP contribution in [0.5, 0.6) is 0 Å². The van der Waals surface area contributed by atoms with Crippen LogP contribution in [0.3, 0.4) is 0 Å². The summed E-state index contributed by atoms with van der Waals surface area (Å²) in [7, 11) is 0. The number of rotatable bonds is 2. The Kier molecular flexibility index (Phi) is 5.77. The quantitative estimate of drug-likeness (QED) is 0.168. The Bertz CT molecular complexity index is 3400. The van der Waals surface area contributed by atoms with Crippen molar-refractivity contribution in [2.45, 2.75) is 5.41 Å². The van der Waals surface area contributed by atoms with E-state index in [1.807, 2.05) is 11.3 Å². The smallest absolute Gasteiger partial charge is 0.0726 e. The zero-order valence-electron chi connectivity index (χ0n) is 29.8. The Hall–Kier alpha value is -6.74. The molecule has 0 radical (unpaired) electrons. The summed E-state index contributed by atoms with van der Waals surface area (Å²) in [6.45, 7) is 0. The summed E-state index contributed by atoms with van der Waals surface area (Å²) in [5.74, 6) is 0. The highest BCUT2D eigenvalue weighted by Gasteiger charge is 2.51. The van der Waals surface area contributed by atoms with Crippen LogP contribution in [0.4, 0.5) is 0 Å². The van der Waals surface area contributed by atoms with Crippen molar-refractivity contribution in [3.05, 3.63) is 210 Å². The fourth-order valence-electron chi connectivity index (χ4n) is 10.5. The summed E-state index contributed by atoms with van der Waals surface area (Å²) >= 11 is 1.88. The van der Waals surface area contributed by atoms with Crippen LogP contribution in [-0.2, 0) is 5.41 Å². The highest BCUT2D eigenvalue weighted by atomic mass is 32.1. The molecule has 9 aromatic carbocycles. The van der Waals surface area contributed by atoms with Crippen molar-refractivity contribution in [1.82, 2.24) is 4.57 Å². The average Bonchev–Trinajstić information content (AvgIpc) is 3.96. The maximum absolute atomic E-state index is 2.55. The monoisotopic (exact) mass is 713 g/mol. The molecule has 0 atom stereocenters. The van der Waals surface area contributed by atoms with Crippen LogP contribution < -0.4 is 0 Å². The molecule has 0 amide bonds. The molecule has 0 bridgehead atoms. The molecule has 1 nitrogen and oxygen atoms in total. The van der Waals surface area contributed by atoms with Gasteiger partial charge in [-0.15, -0.1) is 11.3 Å². The minimum atomic E-state index is -0.409. The van der Waals surface area contributed by atoms with E-state index in [0.717, 1.165) is 0 Å². The third kappa shape index (κ3) is 3.72. The number of benzene rings is 9. The van der Waals surface area contributed by atoms with E-state index in [-0.39, 0.29) is 0 Å². The van der Waals surface area contributed by atoms with Crippen molar-refractivity contribution < 1.29 is 0 Å². The van der Waals surface area contributed by atoms with Gasteiger partial charge in [0.05, 0.1) is 16.4 Å². The second-order valence-corrected chi connectivity index (χ2v) is 16.2. The predicted octanol–water partition coefficient (Wildman–Crippen LogP) is 14.3. The Labute approximate surface area is 322 Å². The maximum Gasteiger partial charge on any atom is 0.0726 e. The minimum absolute atomic E-state index is 0.409. The van der Waals surface area contributed by atoms with Crippen molar-refractivity contribution in [3.8, 4) is 39.1 Å². The van der Waals surface area contributed by atoms with Gasteiger partial charge in [0.2, 0.25) is 0 Å². The molecule has 0 unspecified atom stereocenters. The largest absolute Gasteiger partial charge is 0.309 e. The highest BCUT2D eigenvalue weighted by Crippen LogP contribution is 2.63. The lowest BCUT2D eigenvalue weighted by molar-refractivity contribution is 0.794. The zero-order chi connectivity index (χ0) is 35.8. The lowest BCUT2D eigenvalue weighted by atomic mass is 9.70. The molecule has 0 fully saturated rings. The first-order valence-corrected chi connectivity index (χ1v) is 19.9. The van der Waals surface area contributed by atoms with Gasteiger partial charge in [0.15, 0.2) is 0 Å². The third-order valence-electron chi connectivity index (χ3n) is 12.6. The molecular weight excluding hydrogens is 683 g/mol. The minimum Gasteiger partial charge on any atom is -0.309 e. The molecule has 0 saturated heterocycles. The summed E-state index contributed by atoms with van der Waals surface area (Å²) in [6, 6.07) is 70.7. The predicted molar refractivity (Wildman–Crippen MR) is 233 cm³/mol. The molecular formula is C53H31NS. The van der Waals surface area contributed by atoms with Crippen molar-refractivity contribution >= 4 is 64.1 Å². The van der Waals surface area contributed by atoms with Gasteiger partial charge < -0.3 is 4.57 Å². The topological polar surface area (TPSA) is 4.93 Å². The average molecular weight is 714 g/mol. The summed E-state index contributed by atoms with van der Waals surface area (Å²) < 4.78 is 5.19. The van der Waals surface area contributed by atoms with Gasteiger partial charge in [0, 0.05) is 36.6 Å². The Morgan fingerprint density at radius 1 is 0.364 bits per heavy atom. The van der Waals surface area contributed by atoms with Gasteiger partial charge >= 0.3 is 0 Å². The molecule has 13 rings (SSSR count). The lowest BCUT2D eigenvalue weighted by Gasteiger charge is -2.30. The molecule has 0 aliphatic heterocycles. The van der Waals surface area contributed by atoms with Crippen molar-refractivity contribution in [3.63, 3.8) is 0 Å². The highest BCUT2D eigenvalue weighted by molar-refractivity contribution is 7.25. The van der Waals surface area contributed by atoms with E-state index in [4.69, 9.17) is 0 Å². The van der Waals surface area contributed by atoms with Crippen LogP contribution in [0, 0.1) is 0 Å². The van der Waals surface area contributed by atoms with E-state index < -0.39 is 5.41 Å². The number of aromatic nitrogens is 1. The van der Waals surface area contributed by atoms with Gasteiger partial charge in [-0.05, 0) is 109 Å². The molecule has 2 heteroatoms. The lowest BCUT2D eigenvalue weighted by Crippen LogP contribution is -2.25. The number of hydrogen-bond acceptors (Lipinski definition) is 1. The van der Waals surface area contributed by atoms with Crippen LogP contribution in [-0.4, -0.2) is 4.57 Å². The van der Waals surface area contributed by atoms with Crippen molar-refractivity contribution in [2.75, 3.05) is 0 Å². The first kappa shape index (κ1) is 29.7. The SMILES string of the molecule is c1cc(-c2cccc3sc4ccccc4c23)cc(-n2c3cc4c(cc3c3c5ccccc5ccc32)-c2ccccc2C42c3ccccc3-c3ccccc32)c1. The molecule has 0 N–H and O–H groups in total. The summed E-state index contributed by atoms with van der Waals surface area (Å²) in [6.07, 6.45) is 0. The molecule has 1 spiro atoms. The first-order valence-electron chi connectivity index (χ1n) is 19.1. The molecule has 2 aromatic heterocycles. The van der Waals surface area contributed by atoms with E-state index >= 15 is 0 Å². The van der Waals surface area contributed by atoms with Crippen molar-refractivity contribution in [1.29, 1.82) is 0 Å². The van der Waals surface area contributed by atoms with E-state index in [9.17, 15) is 0 Å². The maximum atomic E-state index is 2.55. The Balaban J connectivity index is 1.16. The van der Waals surface area contributed by atoms with E-state index in [2.05, 4.69) is 193 Å². The van der Waals surface area contributed by atoms with E-state index in [1.54, 1.807) is 0 Å². The van der Waals surface area contributed by atoms with Gasteiger partial charge in [0.1, 0.15) is 0 Å². The standard InChI is InChI=1S/C53H31NS/c1-2-16-35-32(13-1)27-28-47-51(35)42-30-41-39-19-5-9-24-45(39)53(43-22-7-3-17-37(43)38-18-4-8-23-44(38)53)46(41)31-48(42)54(47)34-15-11-14-33(29-34)36-21-12-26-50-52(36)40-20-6-10-25-49(40)55-50/h1-31H. The molecule has 2 aliphatic carbocycles. The van der Waals surface area contributed by atoms with Gasteiger partial charge in [0.25, 0.3) is 0 Å². The van der Waals surface area contributed by atoms with E-state index in [1.165, 1.54) is 114 Å². The number of hydrogen-bond donors (Lipinski definition) is 0. The van der Waals surface area contributed by atoms with Crippen LogP contribution in [0.15, 0.2) is 188 Å². The summed E-state index contributed by atoms with van der Waals surface area (Å²) in [5, 5.41) is 7.79. The summed E-state index contributed by atoms with van der Waals surface area (Å²) in [4.78, 5) is 0. The van der Waals surface area contributed by atoms with Gasteiger partial charge in [-0.25, -0.2) is 0 Å². The number of thiophene rings is 1. The molecule has 55 heavy (non-hydrogen) atoms. The fraction of sp³-hybridized carbons (Fsp3) is 0.0189. The second kappa shape index (κ2) is 10.7. The van der Waals surface area contributed by atoms with Gasteiger partial charge in [-0.2, -0.15) is 0 Å². The normalized spacial score (nSPS) is 13.6. The van der Waals surface area contributed by atoms with Crippen LogP contribution in [0.1, 0.15) is 22.3 Å². The molecule has 11 aromatic rings. The van der Waals surface area contributed by atoms with E-state index in [0.29, 0.717) is 0 Å². The zero-order valence-corrected chi connectivity index (χ0v) is 30.6. The molecule has 0 saturated carbocycles. The Morgan fingerprint density at radius 3 is 1.76 bits per heavy atom. The van der Waals surface area contributed by atoms with Crippen LogP contribution in [0.25, 0.3) is 91.8 Å². The molecule has 2 aliphatic rings. The van der Waals surface area contributed by atoms with Crippen LogP contribution in [0.2, 0.25) is 0 Å². The van der Waals surface area contributed by atoms with Crippen LogP contribution >= 0.6 is 11.3 Å². The second-order valence-electron chi connectivity index (χ2n) is 15.1. The number of nitrogens with zero attached hydrogens (tertiary/aromatic N) is 1. The molecule has 254 valence electrons. The van der Waals surface area contributed by atoms with Gasteiger partial charge in [-0.1, -0.05) is 146 Å². The third-order valence-corrected chi connectivity index (χ3v) is 13.7. The summed E-state index contributed by atoms with van der Waals surface area (Å²) in [5.41, 5.74) is 16.5. The number of fused-ring (bicyclic) bond motifs is 18. The van der Waals surface area contributed by atoms with Gasteiger partial charge in [-0.3, -0.25) is 0 Å². The fourth-order valence-corrected chi connectivity index (χ4v) is 11.6. The Morgan fingerprint density at radius 2 is 0.982 bits per heavy atom. The first-order chi connectivity index (χ1) is 27.3. The molecule has 2 heterocycles.